The minimum absolute atomic E-state index is 0.376. The lowest BCUT2D eigenvalue weighted by Gasteiger charge is -2.17. The van der Waals surface area contributed by atoms with Crippen molar-refractivity contribution < 1.29 is 14.3 Å². The first-order valence-corrected chi connectivity index (χ1v) is 8.75. The zero-order valence-corrected chi connectivity index (χ0v) is 15.9. The van der Waals surface area contributed by atoms with Crippen LogP contribution in [0, 0.1) is 13.8 Å². The molecule has 0 radical (unpaired) electrons. The van der Waals surface area contributed by atoms with Gasteiger partial charge < -0.3 is 9.30 Å². The number of amides is 2. The minimum Gasteiger partial charge on any atom is -0.481 e. The van der Waals surface area contributed by atoms with Crippen molar-refractivity contribution in [3.05, 3.63) is 65.4 Å². The van der Waals surface area contributed by atoms with Gasteiger partial charge in [-0.15, -0.1) is 0 Å². The van der Waals surface area contributed by atoms with Crippen molar-refractivity contribution in [2.45, 2.75) is 26.9 Å². The summed E-state index contributed by atoms with van der Waals surface area (Å²) in [5.74, 6) is -0.151. The van der Waals surface area contributed by atoms with E-state index in [9.17, 15) is 9.59 Å². The number of carbonyl (C=O) groups excluding carboxylic acids is 2. The van der Waals surface area contributed by atoms with E-state index in [4.69, 9.17) is 4.74 Å². The number of hydrogen-bond donors (Lipinski definition) is 2. The summed E-state index contributed by atoms with van der Waals surface area (Å²) in [5.41, 5.74) is 8.41. The lowest BCUT2D eigenvalue weighted by Crippen LogP contribution is -2.47. The van der Waals surface area contributed by atoms with Crippen LogP contribution in [0.15, 0.2) is 48.7 Å². The highest BCUT2D eigenvalue weighted by atomic mass is 16.5. The third-order valence-corrected chi connectivity index (χ3v) is 4.67. The number of benzene rings is 2. The van der Waals surface area contributed by atoms with Crippen LogP contribution in [0.25, 0.3) is 10.9 Å². The normalized spacial score (nSPS) is 11.9. The summed E-state index contributed by atoms with van der Waals surface area (Å²) < 4.78 is 7.61. The Balaban J connectivity index is 1.64. The summed E-state index contributed by atoms with van der Waals surface area (Å²) in [6, 6.07) is 13.3. The van der Waals surface area contributed by atoms with Gasteiger partial charge in [0, 0.05) is 24.1 Å². The first-order valence-electron chi connectivity index (χ1n) is 8.75. The smallest absolute Gasteiger partial charge is 0.279 e. The van der Waals surface area contributed by atoms with E-state index in [1.165, 1.54) is 0 Å². The van der Waals surface area contributed by atoms with Gasteiger partial charge in [-0.05, 0) is 44.0 Å². The molecule has 2 aromatic carbocycles. The second-order valence-electron chi connectivity index (χ2n) is 6.57. The fourth-order valence-corrected chi connectivity index (χ4v) is 2.91. The molecule has 2 N–H and O–H groups in total. The Labute approximate surface area is 158 Å². The molecule has 140 valence electrons. The van der Waals surface area contributed by atoms with Gasteiger partial charge in [0.1, 0.15) is 5.75 Å². The SMILES string of the molecule is Cc1cccc(O[C@@H](C)C(=O)NNC(=O)c2cn(C)c3ccccc23)c1C. The van der Waals surface area contributed by atoms with Crippen molar-refractivity contribution in [2.75, 3.05) is 0 Å². The van der Waals surface area contributed by atoms with E-state index >= 15 is 0 Å². The molecular weight excluding hydrogens is 342 g/mol. The van der Waals surface area contributed by atoms with E-state index in [0.717, 1.165) is 22.0 Å². The van der Waals surface area contributed by atoms with Crippen LogP contribution in [0.3, 0.4) is 0 Å². The molecule has 0 spiro atoms. The van der Waals surface area contributed by atoms with Crippen LogP contribution in [0.5, 0.6) is 5.75 Å². The maximum absolute atomic E-state index is 12.5. The van der Waals surface area contributed by atoms with Crippen molar-refractivity contribution in [1.82, 2.24) is 15.4 Å². The predicted octanol–water partition coefficient (Wildman–Crippen LogP) is 3.02. The van der Waals surface area contributed by atoms with Gasteiger partial charge in [0.2, 0.25) is 0 Å². The molecule has 0 aliphatic carbocycles. The first kappa shape index (κ1) is 18.5. The summed E-state index contributed by atoms with van der Waals surface area (Å²) in [6.07, 6.45) is 0.987. The summed E-state index contributed by atoms with van der Waals surface area (Å²) in [5, 5.41) is 0.825. The van der Waals surface area contributed by atoms with E-state index in [1.807, 2.05) is 67.9 Å². The van der Waals surface area contributed by atoms with E-state index < -0.39 is 12.0 Å². The van der Waals surface area contributed by atoms with Crippen LogP contribution in [0.2, 0.25) is 0 Å². The molecule has 0 saturated heterocycles. The Morgan fingerprint density at radius 1 is 1.04 bits per heavy atom. The van der Waals surface area contributed by atoms with E-state index in [-0.39, 0.29) is 5.91 Å². The minimum atomic E-state index is -0.752. The highest BCUT2D eigenvalue weighted by Crippen LogP contribution is 2.22. The molecule has 0 saturated carbocycles. The van der Waals surface area contributed by atoms with Crippen LogP contribution >= 0.6 is 0 Å². The van der Waals surface area contributed by atoms with Gasteiger partial charge >= 0.3 is 0 Å². The number of ether oxygens (including phenoxy) is 1. The third-order valence-electron chi connectivity index (χ3n) is 4.67. The molecule has 0 unspecified atom stereocenters. The van der Waals surface area contributed by atoms with Crippen molar-refractivity contribution in [3.63, 3.8) is 0 Å². The molecule has 0 aliphatic rings. The van der Waals surface area contributed by atoms with Crippen LogP contribution in [-0.2, 0) is 11.8 Å². The number of hydrogen-bond acceptors (Lipinski definition) is 3. The van der Waals surface area contributed by atoms with Gasteiger partial charge in [-0.2, -0.15) is 0 Å². The molecule has 0 aliphatic heterocycles. The van der Waals surface area contributed by atoms with Crippen molar-refractivity contribution in [2.24, 2.45) is 7.05 Å². The number of aryl methyl sites for hydroxylation is 2. The molecule has 1 heterocycles. The predicted molar refractivity (Wildman–Crippen MR) is 105 cm³/mol. The summed E-state index contributed by atoms with van der Waals surface area (Å²) >= 11 is 0. The number of carbonyl (C=O) groups is 2. The summed E-state index contributed by atoms with van der Waals surface area (Å²) in [6.45, 7) is 5.57. The molecule has 6 nitrogen and oxygen atoms in total. The monoisotopic (exact) mass is 365 g/mol. The lowest BCUT2D eigenvalue weighted by molar-refractivity contribution is -0.128. The molecule has 6 heteroatoms. The van der Waals surface area contributed by atoms with Gasteiger partial charge in [-0.25, -0.2) is 0 Å². The zero-order valence-electron chi connectivity index (χ0n) is 15.9. The van der Waals surface area contributed by atoms with Gasteiger partial charge in [0.25, 0.3) is 11.8 Å². The number of nitrogens with one attached hydrogen (secondary N) is 2. The number of aromatic nitrogens is 1. The van der Waals surface area contributed by atoms with Crippen LogP contribution < -0.4 is 15.6 Å². The maximum Gasteiger partial charge on any atom is 0.279 e. The second kappa shape index (κ2) is 7.53. The van der Waals surface area contributed by atoms with E-state index in [1.54, 1.807) is 13.1 Å². The Kier molecular flexibility index (Phi) is 5.16. The van der Waals surface area contributed by atoms with Crippen LogP contribution in [0.4, 0.5) is 0 Å². The fraction of sp³-hybridized carbons (Fsp3) is 0.238. The fourth-order valence-electron chi connectivity index (χ4n) is 2.91. The van der Waals surface area contributed by atoms with Crippen LogP contribution in [-0.4, -0.2) is 22.5 Å². The zero-order chi connectivity index (χ0) is 19.6. The topological polar surface area (TPSA) is 72.4 Å². The Morgan fingerprint density at radius 3 is 2.56 bits per heavy atom. The highest BCUT2D eigenvalue weighted by Gasteiger charge is 2.18. The number of fused-ring (bicyclic) bond motifs is 1. The van der Waals surface area contributed by atoms with Crippen molar-refractivity contribution in [1.29, 1.82) is 0 Å². The molecule has 0 fully saturated rings. The van der Waals surface area contributed by atoms with Crippen LogP contribution in [0.1, 0.15) is 28.4 Å². The van der Waals surface area contributed by atoms with E-state index in [2.05, 4.69) is 10.9 Å². The highest BCUT2D eigenvalue weighted by molar-refractivity contribution is 6.07. The largest absolute Gasteiger partial charge is 0.481 e. The molecule has 27 heavy (non-hydrogen) atoms. The first-order chi connectivity index (χ1) is 12.9. The summed E-state index contributed by atoms with van der Waals surface area (Å²) in [4.78, 5) is 24.8. The number of hydrazine groups is 1. The number of nitrogens with zero attached hydrogens (tertiary/aromatic N) is 1. The van der Waals surface area contributed by atoms with Gasteiger partial charge in [0.05, 0.1) is 5.56 Å². The standard InChI is InChI=1S/C21H23N3O3/c1-13-8-7-11-19(14(13)2)27-15(3)20(25)22-23-21(26)17-12-24(4)18-10-6-5-9-16(17)18/h5-12,15H,1-4H3,(H,22,25)(H,23,26)/t15-/m0/s1. The molecule has 1 aromatic heterocycles. The average Bonchev–Trinajstić information content (AvgIpc) is 3.00. The van der Waals surface area contributed by atoms with Gasteiger partial charge in [0.15, 0.2) is 6.10 Å². The number of rotatable bonds is 4. The lowest BCUT2D eigenvalue weighted by atomic mass is 10.1. The Bertz CT molecular complexity index is 1010. The average molecular weight is 365 g/mol. The molecule has 0 bridgehead atoms. The molecule has 2 amide bonds. The Hall–Kier alpha value is -3.28. The molecule has 3 rings (SSSR count). The molecule has 3 aromatic rings. The summed E-state index contributed by atoms with van der Waals surface area (Å²) in [7, 11) is 1.87. The molecular formula is C21H23N3O3. The van der Waals surface area contributed by atoms with Crippen molar-refractivity contribution in [3.8, 4) is 5.75 Å². The third kappa shape index (κ3) is 3.79. The van der Waals surface area contributed by atoms with E-state index in [0.29, 0.717) is 11.3 Å². The second-order valence-corrected chi connectivity index (χ2v) is 6.57. The Morgan fingerprint density at radius 2 is 1.78 bits per heavy atom. The van der Waals surface area contributed by atoms with Crippen molar-refractivity contribution >= 4 is 22.7 Å². The quantitative estimate of drug-likeness (QED) is 0.698. The van der Waals surface area contributed by atoms with Gasteiger partial charge in [-0.1, -0.05) is 30.3 Å². The maximum atomic E-state index is 12.5. The molecule has 1 atom stereocenters. The number of para-hydroxylation sites is 1. The van der Waals surface area contributed by atoms with Gasteiger partial charge in [-0.3, -0.25) is 20.4 Å².